The van der Waals surface area contributed by atoms with Crippen LogP contribution < -0.4 is 5.56 Å². The molecule has 4 rings (SSSR count). The maximum absolute atomic E-state index is 13.5. The molecule has 0 aliphatic carbocycles. The number of aromatic nitrogens is 7. The molecule has 0 unspecified atom stereocenters. The van der Waals surface area contributed by atoms with Crippen molar-refractivity contribution in [3.05, 3.63) is 46.9 Å². The zero-order chi connectivity index (χ0) is 24.1. The lowest BCUT2D eigenvalue weighted by Crippen LogP contribution is -2.28. The lowest BCUT2D eigenvalue weighted by Gasteiger charge is -2.14. The number of hydrogen-bond acceptors (Lipinski definition) is 7. The third-order valence-corrected chi connectivity index (χ3v) is 6.92. The van der Waals surface area contributed by atoms with E-state index in [4.69, 9.17) is 0 Å². The van der Waals surface area contributed by atoms with Gasteiger partial charge in [-0.25, -0.2) is 28.1 Å². The van der Waals surface area contributed by atoms with Crippen molar-refractivity contribution in [2.45, 2.75) is 31.5 Å². The van der Waals surface area contributed by atoms with E-state index in [-0.39, 0.29) is 45.6 Å². The summed E-state index contributed by atoms with van der Waals surface area (Å²) in [5, 5.41) is 3.96. The summed E-state index contributed by atoms with van der Waals surface area (Å²) in [6.45, 7) is 2.67. The van der Waals surface area contributed by atoms with Crippen LogP contribution in [0.15, 0.2) is 40.5 Å². The third kappa shape index (κ3) is 3.69. The molecule has 4 aromatic rings. The van der Waals surface area contributed by atoms with Gasteiger partial charge in [0.1, 0.15) is 29.6 Å². The van der Waals surface area contributed by atoms with E-state index in [1.54, 1.807) is 0 Å². The Balaban J connectivity index is 2.08. The second kappa shape index (κ2) is 7.79. The summed E-state index contributed by atoms with van der Waals surface area (Å²) in [4.78, 5) is 25.2. The number of alkyl halides is 3. The number of pyridine rings is 2. The van der Waals surface area contributed by atoms with Gasteiger partial charge in [-0.3, -0.25) is 4.79 Å². The summed E-state index contributed by atoms with van der Waals surface area (Å²) in [7, 11) is -2.37. The van der Waals surface area contributed by atoms with Crippen LogP contribution in [-0.4, -0.2) is 48.0 Å². The molecule has 0 saturated carbocycles. The second-order valence-electron chi connectivity index (χ2n) is 7.06. The fourth-order valence-electron chi connectivity index (χ4n) is 3.54. The van der Waals surface area contributed by atoms with Gasteiger partial charge in [-0.15, -0.1) is 0 Å². The molecular formula is C19H18F3N7O3S. The van der Waals surface area contributed by atoms with Crippen molar-refractivity contribution in [3.63, 3.8) is 0 Å². The SMILES string of the molecule is CCn1c(C(F)(F)F)cc2nc(-c3nc(-n4cncn4)ccc3S(=O)(=O)CC)n(C)c2c1=O. The largest absolute Gasteiger partial charge is 0.431 e. The molecule has 10 nitrogen and oxygen atoms in total. The van der Waals surface area contributed by atoms with E-state index in [0.717, 1.165) is 6.07 Å². The van der Waals surface area contributed by atoms with Crippen LogP contribution in [0.3, 0.4) is 0 Å². The van der Waals surface area contributed by atoms with Crippen molar-refractivity contribution in [1.29, 1.82) is 0 Å². The molecule has 4 aromatic heterocycles. The molecule has 0 amide bonds. The van der Waals surface area contributed by atoms with Gasteiger partial charge in [-0.05, 0) is 25.1 Å². The summed E-state index contributed by atoms with van der Waals surface area (Å²) in [6, 6.07) is 3.53. The van der Waals surface area contributed by atoms with Crippen molar-refractivity contribution in [3.8, 4) is 17.3 Å². The molecule has 14 heteroatoms. The van der Waals surface area contributed by atoms with Gasteiger partial charge < -0.3 is 9.13 Å². The molecule has 0 atom stereocenters. The van der Waals surface area contributed by atoms with E-state index < -0.39 is 27.3 Å². The standard InChI is InChI=1S/C19H18F3N7O3S/c1-4-28-13(19(20,21)22)8-11-16(18(28)30)27(3)17(25-11)15-12(33(31,32)5-2)6-7-14(26-15)29-10-23-9-24-29/h6-10H,4-5H2,1-3H3. The van der Waals surface area contributed by atoms with E-state index in [2.05, 4.69) is 20.1 Å². The Labute approximate surface area is 185 Å². The average molecular weight is 481 g/mol. The summed E-state index contributed by atoms with van der Waals surface area (Å²) in [5.74, 6) is -0.0977. The highest BCUT2D eigenvalue weighted by atomic mass is 32.2. The molecule has 0 aliphatic heterocycles. The van der Waals surface area contributed by atoms with Gasteiger partial charge in [0.05, 0.1) is 16.2 Å². The first-order valence-corrected chi connectivity index (χ1v) is 11.4. The lowest BCUT2D eigenvalue weighted by molar-refractivity contribution is -0.144. The number of hydrogen-bond donors (Lipinski definition) is 0. The minimum absolute atomic E-state index is 0.0712. The summed E-state index contributed by atoms with van der Waals surface area (Å²) in [5.41, 5.74) is -2.47. The van der Waals surface area contributed by atoms with Crippen molar-refractivity contribution in [2.75, 3.05) is 5.75 Å². The zero-order valence-electron chi connectivity index (χ0n) is 17.7. The fraction of sp³-hybridized carbons (Fsp3) is 0.316. The number of imidazole rings is 1. The van der Waals surface area contributed by atoms with Gasteiger partial charge in [0.15, 0.2) is 21.5 Å². The first-order chi connectivity index (χ1) is 15.5. The van der Waals surface area contributed by atoms with E-state index in [0.29, 0.717) is 4.57 Å². The van der Waals surface area contributed by atoms with Gasteiger partial charge in [-0.2, -0.15) is 18.3 Å². The number of rotatable bonds is 5. The van der Waals surface area contributed by atoms with Crippen molar-refractivity contribution < 1.29 is 21.6 Å². The Kier molecular flexibility index (Phi) is 5.35. The molecule has 0 bridgehead atoms. The third-order valence-electron chi connectivity index (χ3n) is 5.16. The first-order valence-electron chi connectivity index (χ1n) is 9.76. The van der Waals surface area contributed by atoms with E-state index in [9.17, 15) is 26.4 Å². The van der Waals surface area contributed by atoms with E-state index in [1.807, 2.05) is 0 Å². The normalized spacial score (nSPS) is 12.5. The Hall–Kier alpha value is -3.55. The van der Waals surface area contributed by atoms with Crippen LogP contribution >= 0.6 is 0 Å². The summed E-state index contributed by atoms with van der Waals surface area (Å²) >= 11 is 0. The maximum atomic E-state index is 13.5. The van der Waals surface area contributed by atoms with Gasteiger partial charge in [0, 0.05) is 13.6 Å². The minimum atomic E-state index is -4.77. The van der Waals surface area contributed by atoms with Crippen LogP contribution in [-0.2, 0) is 29.6 Å². The number of halogens is 3. The van der Waals surface area contributed by atoms with Crippen LogP contribution in [0.2, 0.25) is 0 Å². The van der Waals surface area contributed by atoms with Crippen LogP contribution in [0.4, 0.5) is 13.2 Å². The molecule has 4 heterocycles. The number of sulfone groups is 1. The van der Waals surface area contributed by atoms with Gasteiger partial charge >= 0.3 is 6.18 Å². The fourth-order valence-corrected chi connectivity index (χ4v) is 4.55. The Morgan fingerprint density at radius 2 is 1.85 bits per heavy atom. The van der Waals surface area contributed by atoms with Crippen molar-refractivity contribution in [1.82, 2.24) is 33.9 Å². The van der Waals surface area contributed by atoms with Gasteiger partial charge in [0.2, 0.25) is 0 Å². The van der Waals surface area contributed by atoms with Crippen molar-refractivity contribution in [2.24, 2.45) is 7.05 Å². The second-order valence-corrected chi connectivity index (χ2v) is 9.31. The maximum Gasteiger partial charge on any atom is 0.431 e. The minimum Gasteiger partial charge on any atom is -0.321 e. The Bertz CT molecular complexity index is 1520. The lowest BCUT2D eigenvalue weighted by atomic mass is 10.3. The van der Waals surface area contributed by atoms with Gasteiger partial charge in [-0.1, -0.05) is 6.92 Å². The first kappa shape index (κ1) is 22.6. The quantitative estimate of drug-likeness (QED) is 0.429. The van der Waals surface area contributed by atoms with Crippen LogP contribution in [0.1, 0.15) is 19.5 Å². The molecule has 0 spiro atoms. The Morgan fingerprint density at radius 1 is 1.12 bits per heavy atom. The molecule has 0 N–H and O–H groups in total. The average Bonchev–Trinajstić information content (AvgIpc) is 3.41. The van der Waals surface area contributed by atoms with E-state index in [1.165, 1.54) is 54.9 Å². The van der Waals surface area contributed by atoms with E-state index >= 15 is 0 Å². The summed E-state index contributed by atoms with van der Waals surface area (Å²) < 4.78 is 69.3. The molecular weight excluding hydrogens is 463 g/mol. The highest BCUT2D eigenvalue weighted by Gasteiger charge is 2.36. The predicted molar refractivity (Wildman–Crippen MR) is 112 cm³/mol. The summed E-state index contributed by atoms with van der Waals surface area (Å²) in [6.07, 6.45) is -2.16. The monoisotopic (exact) mass is 481 g/mol. The predicted octanol–water partition coefficient (Wildman–Crippen LogP) is 2.21. The Morgan fingerprint density at radius 3 is 2.42 bits per heavy atom. The number of nitrogens with zero attached hydrogens (tertiary/aromatic N) is 7. The molecule has 33 heavy (non-hydrogen) atoms. The van der Waals surface area contributed by atoms with Crippen molar-refractivity contribution >= 4 is 20.9 Å². The van der Waals surface area contributed by atoms with Crippen LogP contribution in [0.5, 0.6) is 0 Å². The van der Waals surface area contributed by atoms with Gasteiger partial charge in [0.25, 0.3) is 5.56 Å². The van der Waals surface area contributed by atoms with Crippen LogP contribution in [0.25, 0.3) is 28.4 Å². The molecule has 0 saturated heterocycles. The number of aryl methyl sites for hydroxylation is 1. The molecule has 0 radical (unpaired) electrons. The highest BCUT2D eigenvalue weighted by molar-refractivity contribution is 7.91. The zero-order valence-corrected chi connectivity index (χ0v) is 18.5. The number of fused-ring (bicyclic) bond motifs is 1. The topological polar surface area (TPSA) is 118 Å². The molecule has 174 valence electrons. The molecule has 0 aromatic carbocycles. The van der Waals surface area contributed by atoms with Crippen LogP contribution in [0, 0.1) is 0 Å². The molecule has 0 fully saturated rings. The molecule has 0 aliphatic rings. The highest BCUT2D eigenvalue weighted by Crippen LogP contribution is 2.32. The smallest absolute Gasteiger partial charge is 0.321 e.